The maximum Gasteiger partial charge on any atom is 0.291 e. The standard InChI is InChI=1S/C22H23N3O5S/c1-16-20(31(27,28)25-11-5-6-12-25)13-19(30-16)22(26)24-18-9-10-21(23-14-18)29-15-17-7-3-2-4-8-17/h2-4,7-10,13-14H,5-6,11-12,15H2,1H3,(H,24,26). The highest BCUT2D eigenvalue weighted by molar-refractivity contribution is 7.89. The maximum atomic E-state index is 12.8. The molecule has 1 aromatic carbocycles. The Labute approximate surface area is 180 Å². The number of furan rings is 1. The largest absolute Gasteiger partial charge is 0.473 e. The van der Waals surface area contributed by atoms with Gasteiger partial charge in [0, 0.05) is 25.2 Å². The number of hydrogen-bond donors (Lipinski definition) is 1. The summed E-state index contributed by atoms with van der Waals surface area (Å²) in [4.78, 5) is 16.8. The summed E-state index contributed by atoms with van der Waals surface area (Å²) in [6, 6.07) is 14.3. The lowest BCUT2D eigenvalue weighted by Gasteiger charge is -2.14. The van der Waals surface area contributed by atoms with Crippen LogP contribution in [-0.2, 0) is 16.6 Å². The monoisotopic (exact) mass is 441 g/mol. The first-order valence-electron chi connectivity index (χ1n) is 9.98. The average molecular weight is 442 g/mol. The Bertz CT molecular complexity index is 1150. The highest BCUT2D eigenvalue weighted by Crippen LogP contribution is 2.27. The van der Waals surface area contributed by atoms with Crippen molar-refractivity contribution in [3.8, 4) is 5.88 Å². The number of carbonyl (C=O) groups excluding carboxylic acids is 1. The van der Waals surface area contributed by atoms with Crippen LogP contribution in [0.15, 0.2) is 64.0 Å². The smallest absolute Gasteiger partial charge is 0.291 e. The molecule has 0 spiro atoms. The molecule has 31 heavy (non-hydrogen) atoms. The number of aryl methyl sites for hydroxylation is 1. The second-order valence-electron chi connectivity index (χ2n) is 7.26. The van der Waals surface area contributed by atoms with Crippen LogP contribution in [0.25, 0.3) is 0 Å². The minimum atomic E-state index is -3.66. The van der Waals surface area contributed by atoms with Gasteiger partial charge >= 0.3 is 0 Å². The summed E-state index contributed by atoms with van der Waals surface area (Å²) < 4.78 is 38.0. The summed E-state index contributed by atoms with van der Waals surface area (Å²) in [6.07, 6.45) is 3.14. The van der Waals surface area contributed by atoms with Crippen molar-refractivity contribution in [3.63, 3.8) is 0 Å². The van der Waals surface area contributed by atoms with Gasteiger partial charge in [-0.1, -0.05) is 30.3 Å². The fraction of sp³-hybridized carbons (Fsp3) is 0.273. The molecule has 4 rings (SSSR count). The van der Waals surface area contributed by atoms with Crippen molar-refractivity contribution in [1.82, 2.24) is 9.29 Å². The van der Waals surface area contributed by atoms with Crippen molar-refractivity contribution >= 4 is 21.6 Å². The highest BCUT2D eigenvalue weighted by Gasteiger charge is 2.31. The van der Waals surface area contributed by atoms with Crippen LogP contribution in [0.1, 0.15) is 34.7 Å². The minimum absolute atomic E-state index is 0.0299. The maximum absolute atomic E-state index is 12.8. The summed E-state index contributed by atoms with van der Waals surface area (Å²) in [5.74, 6) is -0.0000697. The summed E-state index contributed by atoms with van der Waals surface area (Å²) in [7, 11) is -3.66. The van der Waals surface area contributed by atoms with Crippen molar-refractivity contribution in [1.29, 1.82) is 0 Å². The van der Waals surface area contributed by atoms with Crippen LogP contribution >= 0.6 is 0 Å². The van der Waals surface area contributed by atoms with Crippen LogP contribution in [0.2, 0.25) is 0 Å². The van der Waals surface area contributed by atoms with Crippen molar-refractivity contribution in [3.05, 3.63) is 71.8 Å². The Morgan fingerprint density at radius 2 is 1.90 bits per heavy atom. The van der Waals surface area contributed by atoms with E-state index in [9.17, 15) is 13.2 Å². The molecule has 1 saturated heterocycles. The molecule has 1 amide bonds. The SMILES string of the molecule is Cc1oc(C(=O)Nc2ccc(OCc3ccccc3)nc2)cc1S(=O)(=O)N1CCCC1. The number of nitrogens with zero attached hydrogens (tertiary/aromatic N) is 2. The molecule has 2 aromatic heterocycles. The van der Waals surface area contributed by atoms with E-state index in [1.54, 1.807) is 19.1 Å². The van der Waals surface area contributed by atoms with Gasteiger partial charge in [-0.15, -0.1) is 0 Å². The van der Waals surface area contributed by atoms with Crippen molar-refractivity contribution in [2.45, 2.75) is 31.3 Å². The highest BCUT2D eigenvalue weighted by atomic mass is 32.2. The van der Waals surface area contributed by atoms with Gasteiger partial charge in [-0.05, 0) is 31.4 Å². The molecule has 0 bridgehead atoms. The van der Waals surface area contributed by atoms with E-state index in [2.05, 4.69) is 10.3 Å². The number of pyridine rings is 1. The summed E-state index contributed by atoms with van der Waals surface area (Å²) in [5.41, 5.74) is 1.46. The molecule has 3 aromatic rings. The fourth-order valence-electron chi connectivity index (χ4n) is 3.36. The van der Waals surface area contributed by atoms with Crippen LogP contribution in [0.3, 0.4) is 0 Å². The second-order valence-corrected chi connectivity index (χ2v) is 9.16. The number of amides is 1. The molecule has 1 fully saturated rings. The molecule has 0 saturated carbocycles. The Kier molecular flexibility index (Phi) is 6.06. The van der Waals surface area contributed by atoms with Gasteiger partial charge in [0.1, 0.15) is 17.3 Å². The van der Waals surface area contributed by atoms with Gasteiger partial charge in [0.2, 0.25) is 15.9 Å². The quantitative estimate of drug-likeness (QED) is 0.601. The number of hydrogen-bond acceptors (Lipinski definition) is 6. The summed E-state index contributed by atoms with van der Waals surface area (Å²) in [6.45, 7) is 2.90. The summed E-state index contributed by atoms with van der Waals surface area (Å²) >= 11 is 0. The molecule has 162 valence electrons. The Hall–Kier alpha value is -3.17. The number of ether oxygens (including phenoxy) is 1. The Balaban J connectivity index is 1.40. The van der Waals surface area contributed by atoms with Crippen LogP contribution in [-0.4, -0.2) is 36.7 Å². The van der Waals surface area contributed by atoms with Crippen molar-refractivity contribution < 1.29 is 22.4 Å². The molecule has 8 nitrogen and oxygen atoms in total. The lowest BCUT2D eigenvalue weighted by molar-refractivity contribution is 0.0995. The molecule has 1 aliphatic rings. The van der Waals surface area contributed by atoms with E-state index < -0.39 is 15.9 Å². The molecule has 1 aliphatic heterocycles. The lowest BCUT2D eigenvalue weighted by atomic mass is 10.2. The molecular formula is C22H23N3O5S. The van der Waals surface area contributed by atoms with Crippen LogP contribution in [0.5, 0.6) is 5.88 Å². The number of aromatic nitrogens is 1. The van der Waals surface area contributed by atoms with Gasteiger partial charge in [-0.2, -0.15) is 4.31 Å². The first-order chi connectivity index (χ1) is 14.9. The van der Waals surface area contributed by atoms with Gasteiger partial charge < -0.3 is 14.5 Å². The average Bonchev–Trinajstić information content (AvgIpc) is 3.45. The first-order valence-corrected chi connectivity index (χ1v) is 11.4. The number of anilines is 1. The fourth-order valence-corrected chi connectivity index (χ4v) is 5.04. The van der Waals surface area contributed by atoms with Crippen LogP contribution in [0.4, 0.5) is 5.69 Å². The number of rotatable bonds is 7. The topological polar surface area (TPSA) is 102 Å². The van der Waals surface area contributed by atoms with Crippen molar-refractivity contribution in [2.24, 2.45) is 0 Å². The third-order valence-corrected chi connectivity index (χ3v) is 7.01. The van der Waals surface area contributed by atoms with Gasteiger partial charge in [0.15, 0.2) is 5.76 Å². The predicted octanol–water partition coefficient (Wildman–Crippen LogP) is 3.60. The predicted molar refractivity (Wildman–Crippen MR) is 114 cm³/mol. The second kappa shape index (κ2) is 8.91. The molecule has 1 N–H and O–H groups in total. The van der Waals surface area contributed by atoms with E-state index in [0.717, 1.165) is 18.4 Å². The summed E-state index contributed by atoms with van der Waals surface area (Å²) in [5, 5.41) is 2.66. The number of sulfonamides is 1. The molecule has 0 aliphatic carbocycles. The van der Waals surface area contributed by atoms with Crippen molar-refractivity contribution in [2.75, 3.05) is 18.4 Å². The third kappa shape index (κ3) is 4.78. The van der Waals surface area contributed by atoms with E-state index in [1.165, 1.54) is 16.6 Å². The molecule has 3 heterocycles. The van der Waals surface area contributed by atoms with Crippen LogP contribution < -0.4 is 10.1 Å². The normalized spacial score (nSPS) is 14.5. The molecule has 0 atom stereocenters. The molecule has 0 radical (unpaired) electrons. The Morgan fingerprint density at radius 1 is 1.16 bits per heavy atom. The van der Waals surface area contributed by atoms with E-state index in [0.29, 0.717) is 31.3 Å². The minimum Gasteiger partial charge on any atom is -0.473 e. The molecule has 0 unspecified atom stereocenters. The van der Waals surface area contributed by atoms with Gasteiger partial charge in [-0.25, -0.2) is 13.4 Å². The molecular weight excluding hydrogens is 418 g/mol. The van der Waals surface area contributed by atoms with Gasteiger partial charge in [-0.3, -0.25) is 4.79 Å². The number of carbonyl (C=O) groups is 1. The number of nitrogens with one attached hydrogen (secondary N) is 1. The van der Waals surface area contributed by atoms with E-state index in [-0.39, 0.29) is 16.4 Å². The van der Waals surface area contributed by atoms with E-state index in [1.807, 2.05) is 30.3 Å². The van der Waals surface area contributed by atoms with E-state index >= 15 is 0 Å². The third-order valence-electron chi connectivity index (χ3n) is 5.00. The number of benzene rings is 1. The first kappa shape index (κ1) is 21.1. The van der Waals surface area contributed by atoms with E-state index in [4.69, 9.17) is 9.15 Å². The van der Waals surface area contributed by atoms with Gasteiger partial charge in [0.25, 0.3) is 5.91 Å². The Morgan fingerprint density at radius 3 is 2.58 bits per heavy atom. The van der Waals surface area contributed by atoms with Gasteiger partial charge in [0.05, 0.1) is 11.9 Å². The zero-order valence-corrected chi connectivity index (χ0v) is 17.9. The zero-order chi connectivity index (χ0) is 21.8. The lowest BCUT2D eigenvalue weighted by Crippen LogP contribution is -2.28. The van der Waals surface area contributed by atoms with Crippen LogP contribution in [0, 0.1) is 6.92 Å². The zero-order valence-electron chi connectivity index (χ0n) is 17.1. The molecule has 9 heteroatoms.